The van der Waals surface area contributed by atoms with E-state index in [4.69, 9.17) is 4.74 Å². The van der Waals surface area contributed by atoms with Crippen molar-refractivity contribution < 1.29 is 9.53 Å². The van der Waals surface area contributed by atoms with E-state index in [2.05, 4.69) is 39.1 Å². The van der Waals surface area contributed by atoms with Crippen molar-refractivity contribution in [2.75, 3.05) is 12.4 Å². The molecule has 2 rings (SSSR count). The number of nitrogens with one attached hydrogen (secondary N) is 1. The molecule has 0 bridgehead atoms. The summed E-state index contributed by atoms with van der Waals surface area (Å²) in [6.07, 6.45) is 1.77. The highest BCUT2D eigenvalue weighted by Gasteiger charge is 2.22. The van der Waals surface area contributed by atoms with Crippen LogP contribution in [0.2, 0.25) is 0 Å². The van der Waals surface area contributed by atoms with Crippen LogP contribution in [0, 0.1) is 0 Å². The summed E-state index contributed by atoms with van der Waals surface area (Å²) in [5.41, 5.74) is 2.95. The van der Waals surface area contributed by atoms with Gasteiger partial charge in [0.15, 0.2) is 0 Å². The number of rotatable bonds is 6. The molecule has 0 aliphatic rings. The molecule has 0 aromatic heterocycles. The van der Waals surface area contributed by atoms with Crippen molar-refractivity contribution in [2.24, 2.45) is 0 Å². The summed E-state index contributed by atoms with van der Waals surface area (Å²) in [6.45, 7) is 8.57. The molecule has 0 unspecified atom stereocenters. The standard InChI is InChI=1S/C22H29NO2/c1-6-10-18(16-11-8-7-9-12-16)21(24)23-19-15-17(22(2,3)4)13-14-20(19)25-5/h7-9,11-15,18H,6,10H2,1-5H3,(H,23,24)/t18-/m0/s1. The zero-order chi connectivity index (χ0) is 18.4. The molecule has 134 valence electrons. The maximum atomic E-state index is 13.0. The average molecular weight is 339 g/mol. The average Bonchev–Trinajstić information content (AvgIpc) is 2.59. The van der Waals surface area contributed by atoms with Crippen LogP contribution in [0.1, 0.15) is 57.6 Å². The SMILES string of the molecule is CCC[C@H](C(=O)Nc1cc(C(C)(C)C)ccc1OC)c1ccccc1. The molecule has 25 heavy (non-hydrogen) atoms. The first kappa shape index (κ1) is 19.0. The maximum Gasteiger partial charge on any atom is 0.232 e. The molecule has 2 aromatic carbocycles. The Kier molecular flexibility index (Phi) is 6.24. The van der Waals surface area contributed by atoms with Crippen LogP contribution in [0.4, 0.5) is 5.69 Å². The van der Waals surface area contributed by atoms with E-state index < -0.39 is 0 Å². The van der Waals surface area contributed by atoms with Gasteiger partial charge in [0.25, 0.3) is 0 Å². The highest BCUT2D eigenvalue weighted by molar-refractivity contribution is 5.97. The van der Waals surface area contributed by atoms with Crippen LogP contribution in [0.3, 0.4) is 0 Å². The first-order chi connectivity index (χ1) is 11.9. The maximum absolute atomic E-state index is 13.0. The van der Waals surface area contributed by atoms with Gasteiger partial charge in [-0.15, -0.1) is 0 Å². The lowest BCUT2D eigenvalue weighted by molar-refractivity contribution is -0.117. The molecule has 0 aliphatic heterocycles. The second kappa shape index (κ2) is 8.19. The number of carbonyl (C=O) groups excluding carboxylic acids is 1. The Morgan fingerprint density at radius 3 is 2.36 bits per heavy atom. The summed E-state index contributed by atoms with van der Waals surface area (Å²) >= 11 is 0. The lowest BCUT2D eigenvalue weighted by Crippen LogP contribution is -2.22. The van der Waals surface area contributed by atoms with Crippen LogP contribution in [-0.4, -0.2) is 13.0 Å². The summed E-state index contributed by atoms with van der Waals surface area (Å²) in [5, 5.41) is 3.09. The van der Waals surface area contributed by atoms with Gasteiger partial charge >= 0.3 is 0 Å². The van der Waals surface area contributed by atoms with Crippen molar-refractivity contribution in [3.63, 3.8) is 0 Å². The number of hydrogen-bond donors (Lipinski definition) is 1. The van der Waals surface area contributed by atoms with E-state index in [0.717, 1.165) is 29.7 Å². The van der Waals surface area contributed by atoms with Gasteiger partial charge in [0.1, 0.15) is 5.75 Å². The summed E-state index contributed by atoms with van der Waals surface area (Å²) in [7, 11) is 1.63. The largest absolute Gasteiger partial charge is 0.495 e. The molecule has 3 nitrogen and oxygen atoms in total. The molecular weight excluding hydrogens is 310 g/mol. The summed E-state index contributed by atoms with van der Waals surface area (Å²) in [5.74, 6) is 0.538. The van der Waals surface area contributed by atoms with Gasteiger partial charge < -0.3 is 10.1 Å². The quantitative estimate of drug-likeness (QED) is 0.753. The van der Waals surface area contributed by atoms with Crippen molar-refractivity contribution in [1.29, 1.82) is 0 Å². The Balaban J connectivity index is 2.31. The number of ether oxygens (including phenoxy) is 1. The van der Waals surface area contributed by atoms with E-state index in [1.165, 1.54) is 0 Å². The number of benzene rings is 2. The molecule has 0 fully saturated rings. The molecule has 1 amide bonds. The topological polar surface area (TPSA) is 38.3 Å². The number of hydrogen-bond acceptors (Lipinski definition) is 2. The summed E-state index contributed by atoms with van der Waals surface area (Å²) in [6, 6.07) is 16.0. The van der Waals surface area contributed by atoms with Gasteiger partial charge in [0.2, 0.25) is 5.91 Å². The Bertz CT molecular complexity index is 702. The van der Waals surface area contributed by atoms with E-state index in [0.29, 0.717) is 5.75 Å². The predicted octanol–water partition coefficient (Wildman–Crippen LogP) is 5.52. The van der Waals surface area contributed by atoms with Crippen molar-refractivity contribution in [3.05, 3.63) is 59.7 Å². The molecule has 0 saturated heterocycles. The Labute approximate surface area is 151 Å². The monoisotopic (exact) mass is 339 g/mol. The zero-order valence-electron chi connectivity index (χ0n) is 15.9. The Hall–Kier alpha value is -2.29. The van der Waals surface area contributed by atoms with Gasteiger partial charge in [-0.25, -0.2) is 0 Å². The highest BCUT2D eigenvalue weighted by atomic mass is 16.5. The normalized spacial score (nSPS) is 12.5. The molecular formula is C22H29NO2. The van der Waals surface area contributed by atoms with Crippen molar-refractivity contribution in [3.8, 4) is 5.75 Å². The van der Waals surface area contributed by atoms with Crippen molar-refractivity contribution in [2.45, 2.75) is 51.9 Å². The van der Waals surface area contributed by atoms with Gasteiger partial charge in [-0.05, 0) is 35.1 Å². The fourth-order valence-corrected chi connectivity index (χ4v) is 2.92. The first-order valence-corrected chi connectivity index (χ1v) is 8.91. The third-order valence-electron chi connectivity index (χ3n) is 4.42. The molecule has 0 spiro atoms. The minimum Gasteiger partial charge on any atom is -0.495 e. The van der Waals surface area contributed by atoms with E-state index >= 15 is 0 Å². The number of anilines is 1. The van der Waals surface area contributed by atoms with Crippen molar-refractivity contribution in [1.82, 2.24) is 0 Å². The van der Waals surface area contributed by atoms with Crippen LogP contribution in [0.25, 0.3) is 0 Å². The van der Waals surface area contributed by atoms with Gasteiger partial charge in [-0.3, -0.25) is 4.79 Å². The lowest BCUT2D eigenvalue weighted by Gasteiger charge is -2.22. The summed E-state index contributed by atoms with van der Waals surface area (Å²) < 4.78 is 5.44. The fraction of sp³-hybridized carbons (Fsp3) is 0.409. The molecule has 0 heterocycles. The zero-order valence-corrected chi connectivity index (χ0v) is 15.9. The Morgan fingerprint density at radius 2 is 1.80 bits per heavy atom. The number of amides is 1. The molecule has 0 radical (unpaired) electrons. The van der Waals surface area contributed by atoms with Crippen molar-refractivity contribution >= 4 is 11.6 Å². The minimum atomic E-state index is -0.158. The molecule has 1 N–H and O–H groups in total. The smallest absolute Gasteiger partial charge is 0.232 e. The second-order valence-electron chi connectivity index (χ2n) is 7.41. The molecule has 0 saturated carbocycles. The Morgan fingerprint density at radius 1 is 1.12 bits per heavy atom. The third kappa shape index (κ3) is 4.85. The van der Waals surface area contributed by atoms with Crippen LogP contribution in [-0.2, 0) is 10.2 Å². The number of carbonyl (C=O) groups is 1. The van der Waals surface area contributed by atoms with Gasteiger partial charge in [-0.1, -0.05) is 70.5 Å². The van der Waals surface area contributed by atoms with Crippen LogP contribution in [0.5, 0.6) is 5.75 Å². The number of methoxy groups -OCH3 is 1. The molecule has 2 aromatic rings. The van der Waals surface area contributed by atoms with Crippen LogP contribution >= 0.6 is 0 Å². The van der Waals surface area contributed by atoms with E-state index in [9.17, 15) is 4.79 Å². The molecule has 1 atom stereocenters. The second-order valence-corrected chi connectivity index (χ2v) is 7.41. The molecule has 3 heteroatoms. The molecule has 0 aliphatic carbocycles. The third-order valence-corrected chi connectivity index (χ3v) is 4.42. The van der Waals surface area contributed by atoms with Gasteiger partial charge in [-0.2, -0.15) is 0 Å². The van der Waals surface area contributed by atoms with Gasteiger partial charge in [0.05, 0.1) is 18.7 Å². The van der Waals surface area contributed by atoms with Crippen LogP contribution < -0.4 is 10.1 Å². The first-order valence-electron chi connectivity index (χ1n) is 8.91. The van der Waals surface area contributed by atoms with E-state index in [1.807, 2.05) is 42.5 Å². The fourth-order valence-electron chi connectivity index (χ4n) is 2.92. The van der Waals surface area contributed by atoms with Crippen LogP contribution in [0.15, 0.2) is 48.5 Å². The summed E-state index contributed by atoms with van der Waals surface area (Å²) in [4.78, 5) is 13.0. The van der Waals surface area contributed by atoms with E-state index in [-0.39, 0.29) is 17.2 Å². The van der Waals surface area contributed by atoms with Gasteiger partial charge in [0, 0.05) is 0 Å². The predicted molar refractivity (Wildman–Crippen MR) is 104 cm³/mol. The minimum absolute atomic E-state index is 0.00794. The lowest BCUT2D eigenvalue weighted by atomic mass is 9.86. The highest BCUT2D eigenvalue weighted by Crippen LogP contribution is 2.32. The van der Waals surface area contributed by atoms with E-state index in [1.54, 1.807) is 7.11 Å².